The Bertz CT molecular complexity index is 290. The fourth-order valence-electron chi connectivity index (χ4n) is 2.09. The Morgan fingerprint density at radius 3 is 2.88 bits per heavy atom. The molecule has 2 heterocycles. The zero-order valence-electron chi connectivity index (χ0n) is 9.91. The van der Waals surface area contributed by atoms with Crippen LogP contribution in [0.1, 0.15) is 12.8 Å². The summed E-state index contributed by atoms with van der Waals surface area (Å²) in [6.45, 7) is 4.63. The van der Waals surface area contributed by atoms with Gasteiger partial charge in [0.1, 0.15) is 0 Å². The van der Waals surface area contributed by atoms with Gasteiger partial charge in [0.05, 0.1) is 19.3 Å². The van der Waals surface area contributed by atoms with Gasteiger partial charge in [0.25, 0.3) is 0 Å². The Balaban J connectivity index is 1.61. The molecule has 6 nitrogen and oxygen atoms in total. The third-order valence-electron chi connectivity index (χ3n) is 3.10. The van der Waals surface area contributed by atoms with Crippen molar-refractivity contribution in [3.05, 3.63) is 0 Å². The van der Waals surface area contributed by atoms with Gasteiger partial charge >= 0.3 is 0 Å². The van der Waals surface area contributed by atoms with Gasteiger partial charge < -0.3 is 15.4 Å². The number of hydrogen-bond donors (Lipinski definition) is 2. The van der Waals surface area contributed by atoms with Gasteiger partial charge in [-0.15, -0.1) is 0 Å². The monoisotopic (exact) mass is 241 g/mol. The first-order chi connectivity index (χ1) is 8.24. The Morgan fingerprint density at radius 1 is 1.47 bits per heavy atom. The van der Waals surface area contributed by atoms with Crippen molar-refractivity contribution in [1.29, 1.82) is 0 Å². The summed E-state index contributed by atoms with van der Waals surface area (Å²) < 4.78 is 5.24. The van der Waals surface area contributed by atoms with Gasteiger partial charge in [-0.3, -0.25) is 14.5 Å². The van der Waals surface area contributed by atoms with Gasteiger partial charge in [-0.05, 0) is 0 Å². The molecule has 0 aromatic carbocycles. The molecule has 0 aliphatic carbocycles. The molecule has 2 N–H and O–H groups in total. The van der Waals surface area contributed by atoms with Crippen LogP contribution in [-0.4, -0.2) is 62.1 Å². The molecule has 0 radical (unpaired) electrons. The molecule has 2 aliphatic heterocycles. The molecule has 2 rings (SSSR count). The minimum atomic E-state index is -0.0281. The minimum Gasteiger partial charge on any atom is -0.379 e. The molecular weight excluding hydrogens is 222 g/mol. The zero-order valence-corrected chi connectivity index (χ0v) is 9.91. The first kappa shape index (κ1) is 12.3. The first-order valence-electron chi connectivity index (χ1n) is 6.10. The number of carbonyl (C=O) groups is 2. The molecule has 0 aromatic rings. The van der Waals surface area contributed by atoms with Crippen LogP contribution in [-0.2, 0) is 14.3 Å². The highest BCUT2D eigenvalue weighted by molar-refractivity contribution is 5.82. The molecule has 0 spiro atoms. The van der Waals surface area contributed by atoms with Crippen molar-refractivity contribution >= 4 is 11.8 Å². The number of ether oxygens (including phenoxy) is 1. The van der Waals surface area contributed by atoms with Crippen molar-refractivity contribution in [2.45, 2.75) is 18.9 Å². The van der Waals surface area contributed by atoms with Crippen LogP contribution in [0.15, 0.2) is 0 Å². The van der Waals surface area contributed by atoms with Gasteiger partial charge in [-0.25, -0.2) is 0 Å². The van der Waals surface area contributed by atoms with E-state index in [4.69, 9.17) is 4.74 Å². The molecule has 2 amide bonds. The van der Waals surface area contributed by atoms with Crippen molar-refractivity contribution in [1.82, 2.24) is 15.5 Å². The van der Waals surface area contributed by atoms with E-state index < -0.39 is 0 Å². The average Bonchev–Trinajstić information content (AvgIpc) is 2.73. The first-order valence-corrected chi connectivity index (χ1v) is 6.10. The summed E-state index contributed by atoms with van der Waals surface area (Å²) in [5.41, 5.74) is 0. The lowest BCUT2D eigenvalue weighted by Gasteiger charge is -2.26. The summed E-state index contributed by atoms with van der Waals surface area (Å²) in [6.07, 6.45) is 0.897. The van der Waals surface area contributed by atoms with Gasteiger partial charge in [-0.2, -0.15) is 0 Å². The molecule has 2 saturated heterocycles. The van der Waals surface area contributed by atoms with Crippen molar-refractivity contribution in [3.8, 4) is 0 Å². The van der Waals surface area contributed by atoms with Crippen molar-refractivity contribution < 1.29 is 14.3 Å². The lowest BCUT2D eigenvalue weighted by atomic mass is 10.2. The largest absolute Gasteiger partial charge is 0.379 e. The van der Waals surface area contributed by atoms with E-state index in [-0.39, 0.29) is 17.9 Å². The summed E-state index contributed by atoms with van der Waals surface area (Å²) in [5, 5.41) is 5.57. The van der Waals surface area contributed by atoms with Crippen molar-refractivity contribution in [3.63, 3.8) is 0 Å². The maximum atomic E-state index is 11.6. The molecule has 1 atom stereocenters. The predicted octanol–water partition coefficient (Wildman–Crippen LogP) is -1.29. The van der Waals surface area contributed by atoms with Crippen LogP contribution in [0.3, 0.4) is 0 Å². The van der Waals surface area contributed by atoms with E-state index in [1.54, 1.807) is 0 Å². The third-order valence-corrected chi connectivity index (χ3v) is 3.10. The Morgan fingerprint density at radius 2 is 2.24 bits per heavy atom. The molecule has 0 bridgehead atoms. The second-order valence-corrected chi connectivity index (χ2v) is 4.48. The Hall–Kier alpha value is -1.14. The second-order valence-electron chi connectivity index (χ2n) is 4.48. The molecule has 2 fully saturated rings. The minimum absolute atomic E-state index is 0.0171. The van der Waals surface area contributed by atoms with Gasteiger partial charge in [0.15, 0.2) is 0 Å². The number of hydrogen-bond acceptors (Lipinski definition) is 4. The number of carbonyl (C=O) groups excluding carboxylic acids is 2. The fourth-order valence-corrected chi connectivity index (χ4v) is 2.09. The van der Waals surface area contributed by atoms with E-state index in [1.165, 1.54) is 0 Å². The predicted molar refractivity (Wildman–Crippen MR) is 61.4 cm³/mol. The fraction of sp³-hybridized carbons (Fsp3) is 0.818. The number of nitrogens with zero attached hydrogens (tertiary/aromatic N) is 1. The number of amides is 2. The molecule has 2 aliphatic rings. The van der Waals surface area contributed by atoms with E-state index in [0.29, 0.717) is 19.4 Å². The lowest BCUT2D eigenvalue weighted by molar-refractivity contribution is -0.122. The van der Waals surface area contributed by atoms with Crippen LogP contribution in [0.5, 0.6) is 0 Å². The Kier molecular flexibility index (Phi) is 4.33. The summed E-state index contributed by atoms with van der Waals surface area (Å²) in [5.74, 6) is 0.0430. The standard InChI is InChI=1S/C11H19N3O3/c15-10(13-9-7-11(16)12-8-9)1-2-14-3-5-17-6-4-14/h9H,1-8H2,(H,12,16)(H,13,15). The lowest BCUT2D eigenvalue weighted by Crippen LogP contribution is -2.41. The summed E-state index contributed by atoms with van der Waals surface area (Å²) in [7, 11) is 0. The topological polar surface area (TPSA) is 70.7 Å². The summed E-state index contributed by atoms with van der Waals surface area (Å²) >= 11 is 0. The van der Waals surface area contributed by atoms with Crippen LogP contribution in [0.25, 0.3) is 0 Å². The SMILES string of the molecule is O=C1CC(NC(=O)CCN2CCOCC2)CN1. The average molecular weight is 241 g/mol. The van der Waals surface area contributed by atoms with Crippen molar-refractivity contribution in [2.24, 2.45) is 0 Å². The van der Waals surface area contributed by atoms with E-state index in [1.807, 2.05) is 0 Å². The van der Waals surface area contributed by atoms with Gasteiger partial charge in [-0.1, -0.05) is 0 Å². The smallest absolute Gasteiger partial charge is 0.222 e. The number of morpholine rings is 1. The Labute approximate surface area is 101 Å². The maximum Gasteiger partial charge on any atom is 0.222 e. The number of nitrogens with one attached hydrogen (secondary N) is 2. The highest BCUT2D eigenvalue weighted by atomic mass is 16.5. The van der Waals surface area contributed by atoms with Crippen LogP contribution >= 0.6 is 0 Å². The second kappa shape index (κ2) is 5.97. The van der Waals surface area contributed by atoms with E-state index >= 15 is 0 Å². The quantitative estimate of drug-likeness (QED) is 0.643. The molecule has 0 saturated carbocycles. The molecule has 17 heavy (non-hydrogen) atoms. The number of rotatable bonds is 4. The normalized spacial score (nSPS) is 25.6. The highest BCUT2D eigenvalue weighted by Gasteiger charge is 2.22. The molecule has 96 valence electrons. The van der Waals surface area contributed by atoms with Crippen LogP contribution in [0.2, 0.25) is 0 Å². The highest BCUT2D eigenvalue weighted by Crippen LogP contribution is 2.01. The van der Waals surface area contributed by atoms with Crippen LogP contribution in [0, 0.1) is 0 Å². The van der Waals surface area contributed by atoms with Crippen LogP contribution in [0.4, 0.5) is 0 Å². The molecule has 0 aromatic heterocycles. The van der Waals surface area contributed by atoms with Gasteiger partial charge in [0.2, 0.25) is 11.8 Å². The van der Waals surface area contributed by atoms with Gasteiger partial charge in [0, 0.05) is 39.0 Å². The van der Waals surface area contributed by atoms with Crippen LogP contribution < -0.4 is 10.6 Å². The van der Waals surface area contributed by atoms with Crippen molar-refractivity contribution in [2.75, 3.05) is 39.4 Å². The molecule has 1 unspecified atom stereocenters. The zero-order chi connectivity index (χ0) is 12.1. The van der Waals surface area contributed by atoms with E-state index in [0.717, 1.165) is 32.8 Å². The third kappa shape index (κ3) is 3.98. The molecular formula is C11H19N3O3. The summed E-state index contributed by atoms with van der Waals surface area (Å²) in [4.78, 5) is 24.8. The van der Waals surface area contributed by atoms with E-state index in [2.05, 4.69) is 15.5 Å². The molecule has 6 heteroatoms. The maximum absolute atomic E-state index is 11.6. The summed E-state index contributed by atoms with van der Waals surface area (Å²) in [6, 6.07) is -0.0281. The van der Waals surface area contributed by atoms with E-state index in [9.17, 15) is 9.59 Å².